The maximum absolute atomic E-state index is 13.2. The number of anilines is 1. The van der Waals surface area contributed by atoms with Crippen LogP contribution in [-0.2, 0) is 19.6 Å². The van der Waals surface area contributed by atoms with Crippen molar-refractivity contribution in [2.45, 2.75) is 11.8 Å². The second-order valence-electron chi connectivity index (χ2n) is 6.31. The zero-order valence-electron chi connectivity index (χ0n) is 15.9. The Morgan fingerprint density at radius 2 is 1.42 bits per heavy atom. The molecule has 0 aliphatic rings. The Morgan fingerprint density at radius 3 is 1.97 bits per heavy atom. The molecule has 0 aliphatic heterocycles. The fourth-order valence-corrected chi connectivity index (χ4v) is 4.87. The highest BCUT2D eigenvalue weighted by Gasteiger charge is 2.36. The molecule has 1 amide bonds. The fourth-order valence-electron chi connectivity index (χ4n) is 2.59. The second-order valence-corrected chi connectivity index (χ2v) is 9.35. The van der Waals surface area contributed by atoms with E-state index in [-0.39, 0.29) is 31.4 Å². The van der Waals surface area contributed by atoms with Crippen molar-refractivity contribution in [2.24, 2.45) is 0 Å². The lowest BCUT2D eigenvalue weighted by Crippen LogP contribution is -2.43. The number of esters is 1. The molecule has 10 heteroatoms. The Hall–Kier alpha value is -2.58. The summed E-state index contributed by atoms with van der Waals surface area (Å²) in [6, 6.07) is 15.8. The Bertz CT molecular complexity index is 1220. The first-order chi connectivity index (χ1) is 14.6. The van der Waals surface area contributed by atoms with Gasteiger partial charge in [0.15, 0.2) is 5.75 Å². The van der Waals surface area contributed by atoms with Gasteiger partial charge >= 0.3 is 11.9 Å². The quantitative estimate of drug-likeness (QED) is 0.278. The average Bonchev–Trinajstić information content (AvgIpc) is 2.71. The summed E-state index contributed by atoms with van der Waals surface area (Å²) in [5, 5.41) is -0.0495. The molecule has 0 heterocycles. The smallest absolute Gasteiger partial charge is 0.403 e. The molecule has 0 N–H and O–H groups in total. The van der Waals surface area contributed by atoms with Gasteiger partial charge in [-0.2, -0.15) is 4.31 Å². The molecule has 3 aromatic carbocycles. The first-order valence-electron chi connectivity index (χ1n) is 8.69. The largest absolute Gasteiger partial charge is 0.416 e. The molecule has 160 valence electrons. The Labute approximate surface area is 194 Å². The van der Waals surface area contributed by atoms with Crippen LogP contribution in [0.5, 0.6) is 5.75 Å². The summed E-state index contributed by atoms with van der Waals surface area (Å²) >= 11 is 17.8. The van der Waals surface area contributed by atoms with Gasteiger partial charge in [-0.25, -0.2) is 13.2 Å². The van der Waals surface area contributed by atoms with E-state index in [1.807, 2.05) is 0 Å². The van der Waals surface area contributed by atoms with E-state index < -0.39 is 21.9 Å². The molecule has 31 heavy (non-hydrogen) atoms. The van der Waals surface area contributed by atoms with Crippen molar-refractivity contribution in [3.05, 3.63) is 87.4 Å². The number of halogens is 3. The number of hydrogen-bond acceptors (Lipinski definition) is 5. The minimum absolute atomic E-state index is 0.0432. The molecule has 0 bridgehead atoms. The number of rotatable bonds is 4. The van der Waals surface area contributed by atoms with Crippen molar-refractivity contribution in [1.29, 1.82) is 0 Å². The fraction of sp³-hybridized carbons (Fsp3) is 0.0476. The van der Waals surface area contributed by atoms with Gasteiger partial charge in [-0.15, -0.1) is 0 Å². The molecular weight excluding hydrogens is 485 g/mol. The molecule has 0 atom stereocenters. The van der Waals surface area contributed by atoms with E-state index in [4.69, 9.17) is 39.5 Å². The van der Waals surface area contributed by atoms with E-state index in [2.05, 4.69) is 0 Å². The van der Waals surface area contributed by atoms with Crippen molar-refractivity contribution in [1.82, 2.24) is 0 Å². The number of carbonyl (C=O) groups is 2. The van der Waals surface area contributed by atoms with Crippen LogP contribution in [0.2, 0.25) is 15.1 Å². The van der Waals surface area contributed by atoms with Crippen molar-refractivity contribution in [3.8, 4) is 5.75 Å². The lowest BCUT2D eigenvalue weighted by Gasteiger charge is -2.22. The van der Waals surface area contributed by atoms with Gasteiger partial charge in [-0.3, -0.25) is 4.79 Å². The molecule has 0 aromatic heterocycles. The molecule has 0 spiro atoms. The average molecular weight is 499 g/mol. The monoisotopic (exact) mass is 497 g/mol. The number of amides is 1. The number of ether oxygens (including phenoxy) is 1. The predicted molar refractivity (Wildman–Crippen MR) is 119 cm³/mol. The van der Waals surface area contributed by atoms with Gasteiger partial charge < -0.3 is 4.74 Å². The molecule has 3 aromatic rings. The third-order valence-electron chi connectivity index (χ3n) is 4.07. The number of sulfonamides is 1. The minimum atomic E-state index is -4.44. The molecule has 0 saturated carbocycles. The lowest BCUT2D eigenvalue weighted by molar-refractivity contribution is -0.146. The Balaban J connectivity index is 2.03. The van der Waals surface area contributed by atoms with E-state index in [9.17, 15) is 18.0 Å². The maximum atomic E-state index is 13.2. The van der Waals surface area contributed by atoms with E-state index >= 15 is 0 Å². The Kier molecular flexibility index (Phi) is 6.91. The normalized spacial score (nSPS) is 11.1. The minimum Gasteiger partial charge on any atom is -0.416 e. The highest BCUT2D eigenvalue weighted by Crippen LogP contribution is 2.36. The summed E-state index contributed by atoms with van der Waals surface area (Å²) < 4.78 is 31.9. The number of nitrogens with zero attached hydrogens (tertiary/aromatic N) is 1. The van der Waals surface area contributed by atoms with Crippen LogP contribution in [-0.4, -0.2) is 20.3 Å². The van der Waals surface area contributed by atoms with Crippen LogP contribution in [0.3, 0.4) is 0 Å². The van der Waals surface area contributed by atoms with E-state index in [0.29, 0.717) is 4.31 Å². The standard InChI is InChI=1S/C21H14Cl3NO5S/c1-13-7-9-16(10-8-13)31(28,29)25(15-5-3-2-4-6-15)20(26)21(27)30-19-17(23)11-14(22)12-18(19)24/h2-12H,1H3. The van der Waals surface area contributed by atoms with Gasteiger partial charge in [0.25, 0.3) is 10.0 Å². The van der Waals surface area contributed by atoms with Crippen LogP contribution in [0.1, 0.15) is 5.56 Å². The van der Waals surface area contributed by atoms with Crippen LogP contribution in [0.4, 0.5) is 5.69 Å². The lowest BCUT2D eigenvalue weighted by atomic mass is 10.2. The summed E-state index contributed by atoms with van der Waals surface area (Å²) in [4.78, 5) is 25.4. The van der Waals surface area contributed by atoms with E-state index in [1.54, 1.807) is 25.1 Å². The summed E-state index contributed by atoms with van der Waals surface area (Å²) in [6.45, 7) is 1.79. The van der Waals surface area contributed by atoms with E-state index in [1.165, 1.54) is 48.5 Å². The van der Waals surface area contributed by atoms with Crippen LogP contribution in [0.25, 0.3) is 0 Å². The highest BCUT2D eigenvalue weighted by molar-refractivity contribution is 7.93. The van der Waals surface area contributed by atoms with E-state index in [0.717, 1.165) is 5.56 Å². The number of hydrogen-bond donors (Lipinski definition) is 0. The predicted octanol–water partition coefficient (Wildman–Crippen LogP) is 5.28. The molecule has 0 unspecified atom stereocenters. The van der Waals surface area contributed by atoms with Gasteiger partial charge in [0.2, 0.25) is 0 Å². The molecular formula is C21H14Cl3NO5S. The van der Waals surface area contributed by atoms with Gasteiger partial charge in [-0.1, -0.05) is 70.7 Å². The summed E-state index contributed by atoms with van der Waals surface area (Å²) in [5.41, 5.74) is 0.779. The van der Waals surface area contributed by atoms with Crippen LogP contribution < -0.4 is 9.04 Å². The number of para-hydroxylation sites is 1. The maximum Gasteiger partial charge on any atom is 0.403 e. The molecule has 0 aliphatic carbocycles. The van der Waals surface area contributed by atoms with Crippen LogP contribution >= 0.6 is 34.8 Å². The summed E-state index contributed by atoms with van der Waals surface area (Å²) in [7, 11) is -4.44. The van der Waals surface area contributed by atoms with Crippen molar-refractivity contribution < 1.29 is 22.7 Å². The molecule has 3 rings (SSSR count). The SMILES string of the molecule is Cc1ccc(S(=O)(=O)N(C(=O)C(=O)Oc2c(Cl)cc(Cl)cc2Cl)c2ccccc2)cc1. The first-order valence-corrected chi connectivity index (χ1v) is 11.3. The topological polar surface area (TPSA) is 80.8 Å². The molecule has 6 nitrogen and oxygen atoms in total. The van der Waals surface area contributed by atoms with Gasteiger partial charge in [0, 0.05) is 5.02 Å². The van der Waals surface area contributed by atoms with Crippen molar-refractivity contribution in [2.75, 3.05) is 4.31 Å². The molecule has 0 saturated heterocycles. The molecule has 0 radical (unpaired) electrons. The van der Waals surface area contributed by atoms with Crippen molar-refractivity contribution in [3.63, 3.8) is 0 Å². The zero-order chi connectivity index (χ0) is 22.8. The molecule has 0 fully saturated rings. The first kappa shape index (κ1) is 23.1. The number of aryl methyl sites for hydroxylation is 1. The van der Waals surface area contributed by atoms with Gasteiger partial charge in [0.05, 0.1) is 20.6 Å². The van der Waals surface area contributed by atoms with Crippen LogP contribution in [0.15, 0.2) is 71.6 Å². The van der Waals surface area contributed by atoms with Crippen LogP contribution in [0, 0.1) is 6.92 Å². The number of carbonyl (C=O) groups excluding carboxylic acids is 2. The second kappa shape index (κ2) is 9.28. The van der Waals surface area contributed by atoms with Gasteiger partial charge in [-0.05, 0) is 43.3 Å². The zero-order valence-corrected chi connectivity index (χ0v) is 19.0. The Morgan fingerprint density at radius 1 is 0.871 bits per heavy atom. The highest BCUT2D eigenvalue weighted by atomic mass is 35.5. The number of benzene rings is 3. The summed E-state index contributed by atoms with van der Waals surface area (Å²) in [6.07, 6.45) is 0. The summed E-state index contributed by atoms with van der Waals surface area (Å²) in [5.74, 6) is -3.26. The van der Waals surface area contributed by atoms with Gasteiger partial charge in [0.1, 0.15) is 0 Å². The van der Waals surface area contributed by atoms with Crippen molar-refractivity contribution >= 4 is 62.4 Å². The third-order valence-corrected chi connectivity index (χ3v) is 6.57. The third kappa shape index (κ3) is 5.02.